The minimum absolute atomic E-state index is 0.259. The molecule has 2 aromatic rings. The molecule has 0 N–H and O–H groups in total. The average Bonchev–Trinajstić information content (AvgIpc) is 3.23. The molecule has 2 heterocycles. The zero-order valence-electron chi connectivity index (χ0n) is 13.5. The molecule has 1 aromatic carbocycles. The Morgan fingerprint density at radius 1 is 1.30 bits per heavy atom. The Morgan fingerprint density at radius 3 is 2.96 bits per heavy atom. The number of carbonyl (C=O) groups is 1. The van der Waals surface area contributed by atoms with Gasteiger partial charge in [-0.05, 0) is 49.3 Å². The van der Waals surface area contributed by atoms with E-state index < -0.39 is 0 Å². The molecule has 1 aliphatic heterocycles. The third kappa shape index (κ3) is 3.94. The van der Waals surface area contributed by atoms with Crippen molar-refractivity contribution in [2.45, 2.75) is 38.6 Å². The van der Waals surface area contributed by atoms with E-state index in [-0.39, 0.29) is 5.91 Å². The van der Waals surface area contributed by atoms with Gasteiger partial charge in [0.25, 0.3) is 0 Å². The predicted octanol–water partition coefficient (Wildman–Crippen LogP) is 4.58. The number of ether oxygens (including phenoxy) is 1. The molecule has 122 valence electrons. The maximum atomic E-state index is 12.5. The van der Waals surface area contributed by atoms with E-state index in [1.165, 1.54) is 4.88 Å². The van der Waals surface area contributed by atoms with Crippen LogP contribution in [0.25, 0.3) is 0 Å². The van der Waals surface area contributed by atoms with Crippen LogP contribution in [0.4, 0.5) is 0 Å². The molecule has 0 spiro atoms. The summed E-state index contributed by atoms with van der Waals surface area (Å²) in [6.45, 7) is 3.52. The summed E-state index contributed by atoms with van der Waals surface area (Å²) in [5, 5.41) is 2.09. The summed E-state index contributed by atoms with van der Waals surface area (Å²) in [6.07, 6.45) is 3.52. The zero-order chi connectivity index (χ0) is 16.1. The van der Waals surface area contributed by atoms with Crippen molar-refractivity contribution in [3.8, 4) is 5.75 Å². The third-order valence-corrected chi connectivity index (χ3v) is 5.30. The van der Waals surface area contributed by atoms with E-state index in [1.54, 1.807) is 11.3 Å². The molecule has 0 saturated carbocycles. The summed E-state index contributed by atoms with van der Waals surface area (Å²) < 4.78 is 5.78. The molecule has 23 heavy (non-hydrogen) atoms. The molecule has 1 amide bonds. The van der Waals surface area contributed by atoms with Gasteiger partial charge >= 0.3 is 0 Å². The van der Waals surface area contributed by atoms with E-state index in [0.29, 0.717) is 19.1 Å². The number of thiophene rings is 1. The minimum Gasteiger partial charge on any atom is -0.493 e. The number of hydrogen-bond acceptors (Lipinski definition) is 3. The van der Waals surface area contributed by atoms with Gasteiger partial charge in [0.05, 0.1) is 12.6 Å². The molecule has 4 heteroatoms. The first-order valence-electron chi connectivity index (χ1n) is 8.27. The van der Waals surface area contributed by atoms with Crippen LogP contribution < -0.4 is 4.74 Å². The largest absolute Gasteiger partial charge is 0.493 e. The first kappa shape index (κ1) is 16.1. The normalized spacial score (nSPS) is 17.4. The molecule has 1 fully saturated rings. The molecule has 0 aliphatic carbocycles. The Balaban J connectivity index is 1.47. The number of likely N-dealkylation sites (tertiary alicyclic amines) is 1. The Morgan fingerprint density at radius 2 is 2.17 bits per heavy atom. The zero-order valence-corrected chi connectivity index (χ0v) is 14.3. The van der Waals surface area contributed by atoms with Crippen molar-refractivity contribution in [2.24, 2.45) is 0 Å². The van der Waals surface area contributed by atoms with Gasteiger partial charge in [-0.2, -0.15) is 0 Å². The van der Waals surface area contributed by atoms with Gasteiger partial charge < -0.3 is 9.64 Å². The fourth-order valence-corrected chi connectivity index (χ4v) is 3.98. The Hall–Kier alpha value is -1.81. The monoisotopic (exact) mass is 329 g/mol. The maximum absolute atomic E-state index is 12.5. The minimum atomic E-state index is 0.259. The lowest BCUT2D eigenvalue weighted by molar-refractivity contribution is -0.132. The fourth-order valence-electron chi connectivity index (χ4n) is 3.11. The molecule has 1 atom stereocenters. The van der Waals surface area contributed by atoms with Crippen molar-refractivity contribution < 1.29 is 9.53 Å². The number of amides is 1. The SMILES string of the molecule is Cc1ccccc1OCCCC(=O)N1CCCC1c1cccs1. The van der Waals surface area contributed by atoms with E-state index in [4.69, 9.17) is 4.74 Å². The Bertz CT molecular complexity index is 639. The van der Waals surface area contributed by atoms with Crippen molar-refractivity contribution in [1.29, 1.82) is 0 Å². The highest BCUT2D eigenvalue weighted by molar-refractivity contribution is 7.10. The van der Waals surface area contributed by atoms with Gasteiger partial charge in [-0.1, -0.05) is 24.3 Å². The molecule has 1 aliphatic rings. The van der Waals surface area contributed by atoms with Crippen molar-refractivity contribution in [2.75, 3.05) is 13.2 Å². The average molecular weight is 329 g/mol. The molecule has 0 bridgehead atoms. The lowest BCUT2D eigenvalue weighted by Crippen LogP contribution is -2.30. The molecule has 3 nitrogen and oxygen atoms in total. The second-order valence-electron chi connectivity index (χ2n) is 5.98. The molecular formula is C19H23NO2S. The summed E-state index contributed by atoms with van der Waals surface area (Å²) in [6, 6.07) is 12.5. The number of rotatable bonds is 6. The highest BCUT2D eigenvalue weighted by Gasteiger charge is 2.29. The summed E-state index contributed by atoms with van der Waals surface area (Å²) >= 11 is 1.75. The van der Waals surface area contributed by atoms with Crippen LogP contribution in [0.1, 0.15) is 42.2 Å². The third-order valence-electron chi connectivity index (χ3n) is 4.33. The highest BCUT2D eigenvalue weighted by atomic mass is 32.1. The summed E-state index contributed by atoms with van der Waals surface area (Å²) in [5.74, 6) is 1.17. The van der Waals surface area contributed by atoms with Gasteiger partial charge in [0.1, 0.15) is 5.75 Å². The molecular weight excluding hydrogens is 306 g/mol. The topological polar surface area (TPSA) is 29.5 Å². The Kier molecular flexibility index (Phi) is 5.34. The predicted molar refractivity (Wildman–Crippen MR) is 93.9 cm³/mol. The van der Waals surface area contributed by atoms with Gasteiger partial charge in [0.2, 0.25) is 5.91 Å². The van der Waals surface area contributed by atoms with Gasteiger partial charge in [-0.25, -0.2) is 0 Å². The van der Waals surface area contributed by atoms with Crippen LogP contribution in [0, 0.1) is 6.92 Å². The van der Waals surface area contributed by atoms with E-state index in [2.05, 4.69) is 22.4 Å². The smallest absolute Gasteiger partial charge is 0.223 e. The van der Waals surface area contributed by atoms with Crippen LogP contribution in [-0.4, -0.2) is 24.0 Å². The molecule has 3 rings (SSSR count). The van der Waals surface area contributed by atoms with E-state index in [0.717, 1.165) is 37.1 Å². The van der Waals surface area contributed by atoms with Crippen molar-refractivity contribution in [1.82, 2.24) is 4.90 Å². The molecule has 1 saturated heterocycles. The Labute approximate surface area is 141 Å². The van der Waals surface area contributed by atoms with E-state index in [9.17, 15) is 4.79 Å². The van der Waals surface area contributed by atoms with Gasteiger partial charge in [-0.15, -0.1) is 11.3 Å². The first-order valence-corrected chi connectivity index (χ1v) is 9.15. The lowest BCUT2D eigenvalue weighted by atomic mass is 10.1. The summed E-state index contributed by atoms with van der Waals surface area (Å²) in [5.41, 5.74) is 1.14. The second-order valence-corrected chi connectivity index (χ2v) is 6.96. The number of hydrogen-bond donors (Lipinski definition) is 0. The van der Waals surface area contributed by atoms with E-state index >= 15 is 0 Å². The number of carbonyl (C=O) groups excluding carboxylic acids is 1. The molecule has 1 unspecified atom stereocenters. The molecule has 0 radical (unpaired) electrons. The van der Waals surface area contributed by atoms with Crippen LogP contribution in [-0.2, 0) is 4.79 Å². The van der Waals surface area contributed by atoms with Crippen LogP contribution in [0.2, 0.25) is 0 Å². The number of nitrogens with zero attached hydrogens (tertiary/aromatic N) is 1. The van der Waals surface area contributed by atoms with E-state index in [1.807, 2.05) is 31.2 Å². The maximum Gasteiger partial charge on any atom is 0.223 e. The standard InChI is InChI=1S/C19H23NO2S/c1-15-7-2-3-9-17(15)22-13-5-11-19(21)20-12-4-8-16(20)18-10-6-14-23-18/h2-3,6-7,9-10,14,16H,4-5,8,11-13H2,1H3. The fraction of sp³-hybridized carbons (Fsp3) is 0.421. The molecule has 1 aromatic heterocycles. The highest BCUT2D eigenvalue weighted by Crippen LogP contribution is 2.34. The van der Waals surface area contributed by atoms with Crippen molar-refractivity contribution in [3.63, 3.8) is 0 Å². The van der Waals surface area contributed by atoms with Crippen molar-refractivity contribution >= 4 is 17.2 Å². The number of benzene rings is 1. The number of para-hydroxylation sites is 1. The summed E-state index contributed by atoms with van der Waals surface area (Å²) in [7, 11) is 0. The van der Waals surface area contributed by atoms with Crippen LogP contribution in [0.3, 0.4) is 0 Å². The van der Waals surface area contributed by atoms with Crippen LogP contribution >= 0.6 is 11.3 Å². The quantitative estimate of drug-likeness (QED) is 0.726. The van der Waals surface area contributed by atoms with Crippen LogP contribution in [0.15, 0.2) is 41.8 Å². The van der Waals surface area contributed by atoms with Crippen LogP contribution in [0.5, 0.6) is 5.75 Å². The van der Waals surface area contributed by atoms with Gasteiger partial charge in [0.15, 0.2) is 0 Å². The second kappa shape index (κ2) is 7.64. The first-order chi connectivity index (χ1) is 11.3. The summed E-state index contributed by atoms with van der Waals surface area (Å²) in [4.78, 5) is 15.9. The van der Waals surface area contributed by atoms with Gasteiger partial charge in [-0.3, -0.25) is 4.79 Å². The number of aryl methyl sites for hydroxylation is 1. The van der Waals surface area contributed by atoms with Crippen molar-refractivity contribution in [3.05, 3.63) is 52.2 Å². The van der Waals surface area contributed by atoms with Gasteiger partial charge in [0, 0.05) is 17.8 Å². The lowest BCUT2D eigenvalue weighted by Gasteiger charge is -2.24.